The number of hydrogen-bond acceptors (Lipinski definition) is 2. The third-order valence-electron chi connectivity index (χ3n) is 0.876. The number of rotatable bonds is 2. The maximum absolute atomic E-state index is 10.2. The van der Waals surface area contributed by atoms with Crippen molar-refractivity contribution in [1.29, 1.82) is 0 Å². The van der Waals surface area contributed by atoms with Gasteiger partial charge < -0.3 is 9.59 Å². The molecule has 0 rings (SSSR count). The van der Waals surface area contributed by atoms with Crippen LogP contribution in [0.1, 0.15) is 13.8 Å². The van der Waals surface area contributed by atoms with Crippen LogP contribution >= 0.6 is 0 Å². The predicted octanol–water partition coefficient (Wildman–Crippen LogP) is 0.121. The molecule has 3 heteroatoms. The van der Waals surface area contributed by atoms with Crippen LogP contribution in [-0.4, -0.2) is 19.4 Å². The minimum atomic E-state index is -0.907. The molecule has 0 aliphatic rings. The third kappa shape index (κ3) is 1.91. The molecule has 0 aromatic carbocycles. The van der Waals surface area contributed by atoms with Crippen molar-refractivity contribution < 1.29 is 9.59 Å². The molecular formula is C5H7BO2. The highest BCUT2D eigenvalue weighted by Crippen LogP contribution is 1.99. The minimum Gasteiger partial charge on any atom is -0.300 e. The van der Waals surface area contributed by atoms with Crippen LogP contribution in [0.3, 0.4) is 0 Å². The number of ketones is 2. The van der Waals surface area contributed by atoms with Gasteiger partial charge in [-0.15, -0.1) is 0 Å². The van der Waals surface area contributed by atoms with Crippen molar-refractivity contribution in [3.63, 3.8) is 0 Å². The van der Waals surface area contributed by atoms with E-state index in [0.717, 1.165) is 0 Å². The van der Waals surface area contributed by atoms with E-state index < -0.39 is 5.82 Å². The zero-order valence-corrected chi connectivity index (χ0v) is 4.97. The first kappa shape index (κ1) is 7.40. The van der Waals surface area contributed by atoms with Crippen LogP contribution in [0.2, 0.25) is 5.82 Å². The largest absolute Gasteiger partial charge is 0.300 e. The molecule has 0 fully saturated rings. The van der Waals surface area contributed by atoms with Crippen molar-refractivity contribution in [2.24, 2.45) is 0 Å². The Hall–Kier alpha value is -0.595. The monoisotopic (exact) mass is 110 g/mol. The molecule has 42 valence electrons. The smallest absolute Gasteiger partial charge is 0.131 e. The number of carbonyl (C=O) groups is 2. The van der Waals surface area contributed by atoms with Crippen molar-refractivity contribution in [1.82, 2.24) is 0 Å². The number of hydrogen-bond donors (Lipinski definition) is 0. The maximum atomic E-state index is 10.2. The van der Waals surface area contributed by atoms with Crippen LogP contribution in [0.4, 0.5) is 0 Å². The minimum absolute atomic E-state index is 0.280. The molecule has 0 atom stereocenters. The first-order valence-electron chi connectivity index (χ1n) is 2.32. The molecule has 0 spiro atoms. The highest BCUT2D eigenvalue weighted by Gasteiger charge is 2.10. The van der Waals surface area contributed by atoms with Gasteiger partial charge in [-0.1, -0.05) is 0 Å². The molecule has 0 amide bonds. The summed E-state index contributed by atoms with van der Waals surface area (Å²) in [4.78, 5) is 20.5. The Labute approximate surface area is 49.7 Å². The Morgan fingerprint density at radius 1 is 1.25 bits per heavy atom. The predicted molar refractivity (Wildman–Crippen MR) is 30.9 cm³/mol. The summed E-state index contributed by atoms with van der Waals surface area (Å²) in [6.45, 7) is 2.60. The zero-order valence-electron chi connectivity index (χ0n) is 4.97. The van der Waals surface area contributed by atoms with E-state index >= 15 is 0 Å². The lowest BCUT2D eigenvalue weighted by Gasteiger charge is -1.98. The van der Waals surface area contributed by atoms with Gasteiger partial charge in [0, 0.05) is 5.82 Å². The van der Waals surface area contributed by atoms with Crippen LogP contribution in [0.25, 0.3) is 0 Å². The summed E-state index contributed by atoms with van der Waals surface area (Å²) >= 11 is 0. The van der Waals surface area contributed by atoms with Crippen LogP contribution in [0.5, 0.6) is 0 Å². The van der Waals surface area contributed by atoms with E-state index in [1.807, 2.05) is 0 Å². The van der Waals surface area contributed by atoms with Gasteiger partial charge in [-0.25, -0.2) is 0 Å². The fourth-order valence-electron chi connectivity index (χ4n) is 0.286. The van der Waals surface area contributed by atoms with E-state index in [-0.39, 0.29) is 11.6 Å². The molecule has 2 nitrogen and oxygen atoms in total. The highest BCUT2D eigenvalue weighted by molar-refractivity contribution is 6.35. The molecule has 0 heterocycles. The van der Waals surface area contributed by atoms with E-state index in [2.05, 4.69) is 0 Å². The standard InChI is InChI=1S/C5H7BO2/c1-3(7)5(6)4(2)8/h5H,1-2H3. The summed E-state index contributed by atoms with van der Waals surface area (Å²) < 4.78 is 0. The topological polar surface area (TPSA) is 34.1 Å². The normalized spacial score (nSPS) is 9.38. The summed E-state index contributed by atoms with van der Waals surface area (Å²) in [5.74, 6) is -1.47. The summed E-state index contributed by atoms with van der Waals surface area (Å²) in [5.41, 5.74) is 0. The molecule has 0 saturated heterocycles. The van der Waals surface area contributed by atoms with E-state index in [1.54, 1.807) is 0 Å². The molecule has 0 bridgehead atoms. The van der Waals surface area contributed by atoms with Gasteiger partial charge in [-0.05, 0) is 13.8 Å². The van der Waals surface area contributed by atoms with Gasteiger partial charge in [0.1, 0.15) is 11.6 Å². The van der Waals surface area contributed by atoms with Crippen molar-refractivity contribution in [3.8, 4) is 0 Å². The lowest BCUT2D eigenvalue weighted by molar-refractivity contribution is -0.124. The van der Waals surface area contributed by atoms with Crippen LogP contribution in [-0.2, 0) is 9.59 Å². The van der Waals surface area contributed by atoms with Crippen molar-refractivity contribution in [2.45, 2.75) is 19.7 Å². The van der Waals surface area contributed by atoms with Gasteiger partial charge in [0.15, 0.2) is 0 Å². The number of Topliss-reactive ketones (excluding diaryl/α,β-unsaturated/α-hetero) is 2. The Kier molecular flexibility index (Phi) is 2.45. The fraction of sp³-hybridized carbons (Fsp3) is 0.600. The van der Waals surface area contributed by atoms with E-state index in [1.165, 1.54) is 13.8 Å². The second-order valence-electron chi connectivity index (χ2n) is 1.70. The second kappa shape index (κ2) is 2.65. The lowest BCUT2D eigenvalue weighted by atomic mass is 9.81. The molecule has 0 N–H and O–H groups in total. The average Bonchev–Trinajstić information content (AvgIpc) is 1.64. The Balaban J connectivity index is 3.83. The van der Waals surface area contributed by atoms with E-state index in [9.17, 15) is 9.59 Å². The lowest BCUT2D eigenvalue weighted by Crippen LogP contribution is -2.11. The second-order valence-corrected chi connectivity index (χ2v) is 1.70. The van der Waals surface area contributed by atoms with Gasteiger partial charge >= 0.3 is 0 Å². The first-order valence-corrected chi connectivity index (χ1v) is 2.32. The number of carbonyl (C=O) groups excluding carboxylic acids is 2. The van der Waals surface area contributed by atoms with Gasteiger partial charge in [0.05, 0.1) is 7.85 Å². The van der Waals surface area contributed by atoms with Gasteiger partial charge in [0.25, 0.3) is 0 Å². The highest BCUT2D eigenvalue weighted by atomic mass is 16.1. The van der Waals surface area contributed by atoms with Crippen LogP contribution < -0.4 is 0 Å². The van der Waals surface area contributed by atoms with Crippen molar-refractivity contribution >= 4 is 19.4 Å². The van der Waals surface area contributed by atoms with Crippen molar-refractivity contribution in [2.75, 3.05) is 0 Å². The van der Waals surface area contributed by atoms with Gasteiger partial charge in [-0.2, -0.15) is 0 Å². The fourth-order valence-corrected chi connectivity index (χ4v) is 0.286. The quantitative estimate of drug-likeness (QED) is 0.373. The third-order valence-corrected chi connectivity index (χ3v) is 0.876. The molecule has 0 aromatic heterocycles. The molecule has 0 saturated carbocycles. The molecule has 0 aliphatic carbocycles. The van der Waals surface area contributed by atoms with Crippen molar-refractivity contribution in [3.05, 3.63) is 0 Å². The van der Waals surface area contributed by atoms with Gasteiger partial charge in [0.2, 0.25) is 0 Å². The molecule has 0 unspecified atom stereocenters. The molecule has 8 heavy (non-hydrogen) atoms. The summed E-state index contributed by atoms with van der Waals surface area (Å²) in [6, 6.07) is 0. The first-order chi connectivity index (χ1) is 3.55. The molecule has 0 aromatic rings. The van der Waals surface area contributed by atoms with E-state index in [0.29, 0.717) is 0 Å². The Morgan fingerprint density at radius 2 is 1.50 bits per heavy atom. The summed E-state index contributed by atoms with van der Waals surface area (Å²) in [5, 5.41) is 0. The zero-order chi connectivity index (χ0) is 6.73. The summed E-state index contributed by atoms with van der Waals surface area (Å²) in [7, 11) is 5.06. The molecule has 0 aliphatic heterocycles. The molecule has 2 radical (unpaired) electrons. The summed E-state index contributed by atoms with van der Waals surface area (Å²) in [6.07, 6.45) is 0. The Bertz CT molecular complexity index is 106. The molecular weight excluding hydrogens is 103 g/mol. The van der Waals surface area contributed by atoms with Crippen LogP contribution in [0.15, 0.2) is 0 Å². The Morgan fingerprint density at radius 3 is 1.50 bits per heavy atom. The average molecular weight is 110 g/mol. The SMILES string of the molecule is [B]C(C(C)=O)C(C)=O. The van der Waals surface area contributed by atoms with Crippen LogP contribution in [0, 0.1) is 0 Å². The van der Waals surface area contributed by atoms with E-state index in [4.69, 9.17) is 7.85 Å². The van der Waals surface area contributed by atoms with Gasteiger partial charge in [-0.3, -0.25) is 0 Å². The maximum Gasteiger partial charge on any atom is 0.131 e.